The van der Waals surface area contributed by atoms with Gasteiger partial charge in [0.1, 0.15) is 11.5 Å². The average Bonchev–Trinajstić information content (AvgIpc) is 3.08. The number of halogens is 5. The minimum atomic E-state index is -4.70. The molecule has 0 saturated carbocycles. The molecule has 11 heteroatoms. The Morgan fingerprint density at radius 1 is 1.32 bits per heavy atom. The molecule has 1 aromatic carbocycles. The van der Waals surface area contributed by atoms with Gasteiger partial charge in [-0.2, -0.15) is 13.2 Å². The minimum absolute atomic E-state index is 0.0996. The third-order valence-corrected chi connectivity index (χ3v) is 4.18. The molecule has 2 amide bonds. The first-order valence-corrected chi connectivity index (χ1v) is 8.27. The Morgan fingerprint density at radius 2 is 2.07 bits per heavy atom. The molecular weight excluding hydrogens is 406 g/mol. The maximum absolute atomic E-state index is 13.5. The highest BCUT2D eigenvalue weighted by atomic mass is 35.5. The fraction of sp³-hybridized carbons (Fsp3) is 0.235. The van der Waals surface area contributed by atoms with Gasteiger partial charge in [0.25, 0.3) is 5.91 Å². The molecule has 2 atom stereocenters. The van der Waals surface area contributed by atoms with Crippen molar-refractivity contribution in [3.05, 3.63) is 64.2 Å². The highest BCUT2D eigenvalue weighted by molar-refractivity contribution is 6.30. The molecule has 1 aliphatic heterocycles. The maximum Gasteiger partial charge on any atom is 0.433 e. The first-order chi connectivity index (χ1) is 13.1. The molecule has 0 unspecified atom stereocenters. The van der Waals surface area contributed by atoms with E-state index in [4.69, 9.17) is 16.3 Å². The van der Waals surface area contributed by atoms with Gasteiger partial charge in [-0.25, -0.2) is 14.2 Å². The number of alkyl halides is 3. The highest BCUT2D eigenvalue weighted by Gasteiger charge is 2.35. The third kappa shape index (κ3) is 4.33. The second-order valence-electron chi connectivity index (χ2n) is 5.84. The SMILES string of the molecule is O=C1NC[C@@H](C(=O)N[C@@H](c2ccc(F)c(Cl)c2)c2cccc(C(F)(F)F)n2)O1. The highest BCUT2D eigenvalue weighted by Crippen LogP contribution is 2.30. The van der Waals surface area contributed by atoms with Crippen LogP contribution in [0.3, 0.4) is 0 Å². The smallest absolute Gasteiger partial charge is 0.433 e. The van der Waals surface area contributed by atoms with Crippen LogP contribution in [0.1, 0.15) is 23.0 Å². The number of alkyl carbamates (subject to hydrolysis) is 1. The topological polar surface area (TPSA) is 80.3 Å². The van der Waals surface area contributed by atoms with Crippen molar-refractivity contribution in [3.63, 3.8) is 0 Å². The molecule has 3 rings (SSSR count). The monoisotopic (exact) mass is 417 g/mol. The molecule has 1 aromatic heterocycles. The molecule has 148 valence electrons. The average molecular weight is 418 g/mol. The molecule has 2 heterocycles. The van der Waals surface area contributed by atoms with Crippen LogP contribution in [0.2, 0.25) is 5.02 Å². The van der Waals surface area contributed by atoms with E-state index in [0.717, 1.165) is 18.2 Å². The number of nitrogens with one attached hydrogen (secondary N) is 2. The zero-order valence-electron chi connectivity index (χ0n) is 13.9. The fourth-order valence-electron chi connectivity index (χ4n) is 2.56. The van der Waals surface area contributed by atoms with Crippen LogP contribution in [0.5, 0.6) is 0 Å². The molecule has 2 aromatic rings. The largest absolute Gasteiger partial charge is 0.434 e. The van der Waals surface area contributed by atoms with Crippen molar-refractivity contribution in [2.45, 2.75) is 18.3 Å². The summed E-state index contributed by atoms with van der Waals surface area (Å²) in [6.45, 7) is -0.0996. The standard InChI is InChI=1S/C17H12ClF4N3O3/c18-9-6-8(4-5-10(9)19)14(25-15(26)12-7-23-16(27)28-12)11-2-1-3-13(24-11)17(20,21)22/h1-6,12,14H,7H2,(H,23,27)(H,25,26)/t12-,14-/m0/s1. The summed E-state index contributed by atoms with van der Waals surface area (Å²) in [5, 5.41) is 4.48. The second-order valence-corrected chi connectivity index (χ2v) is 6.24. The van der Waals surface area contributed by atoms with Gasteiger partial charge in [-0.05, 0) is 29.8 Å². The normalized spacial score (nSPS) is 17.6. The lowest BCUT2D eigenvalue weighted by atomic mass is 10.0. The van der Waals surface area contributed by atoms with Crippen molar-refractivity contribution in [2.24, 2.45) is 0 Å². The van der Waals surface area contributed by atoms with Crippen LogP contribution in [-0.2, 0) is 15.7 Å². The number of pyridine rings is 1. The number of hydrogen-bond acceptors (Lipinski definition) is 4. The van der Waals surface area contributed by atoms with E-state index in [1.807, 2.05) is 0 Å². The number of carbonyl (C=O) groups is 2. The summed E-state index contributed by atoms with van der Waals surface area (Å²) in [7, 11) is 0. The quantitative estimate of drug-likeness (QED) is 0.749. The summed E-state index contributed by atoms with van der Waals surface area (Å²) < 4.78 is 57.3. The van der Waals surface area contributed by atoms with E-state index in [1.54, 1.807) is 0 Å². The molecule has 0 radical (unpaired) electrons. The van der Waals surface area contributed by atoms with Gasteiger partial charge in [0.05, 0.1) is 23.3 Å². The number of ether oxygens (including phenoxy) is 1. The number of hydrogen-bond donors (Lipinski definition) is 2. The Morgan fingerprint density at radius 3 is 2.68 bits per heavy atom. The van der Waals surface area contributed by atoms with Crippen LogP contribution in [0.15, 0.2) is 36.4 Å². The van der Waals surface area contributed by atoms with Crippen LogP contribution in [0.4, 0.5) is 22.4 Å². The van der Waals surface area contributed by atoms with Gasteiger partial charge >= 0.3 is 12.3 Å². The van der Waals surface area contributed by atoms with E-state index in [9.17, 15) is 27.2 Å². The molecule has 0 bridgehead atoms. The molecule has 1 saturated heterocycles. The number of cyclic esters (lactones) is 1. The molecule has 2 N–H and O–H groups in total. The van der Waals surface area contributed by atoms with E-state index in [-0.39, 0.29) is 22.8 Å². The summed E-state index contributed by atoms with van der Waals surface area (Å²) in [5.74, 6) is -1.50. The number of nitrogens with zero attached hydrogens (tertiary/aromatic N) is 1. The number of aromatic nitrogens is 1. The lowest BCUT2D eigenvalue weighted by Gasteiger charge is -2.21. The molecule has 28 heavy (non-hydrogen) atoms. The second kappa shape index (κ2) is 7.63. The zero-order valence-corrected chi connectivity index (χ0v) is 14.6. The van der Waals surface area contributed by atoms with Crippen molar-refractivity contribution in [2.75, 3.05) is 6.54 Å². The summed E-state index contributed by atoms with van der Waals surface area (Å²) in [6, 6.07) is 5.44. The number of carbonyl (C=O) groups excluding carboxylic acids is 2. The van der Waals surface area contributed by atoms with Gasteiger partial charge in [-0.3, -0.25) is 4.79 Å². The molecule has 0 spiro atoms. The third-order valence-electron chi connectivity index (χ3n) is 3.89. The Hall–Kier alpha value is -2.88. The van der Waals surface area contributed by atoms with Gasteiger partial charge in [-0.1, -0.05) is 23.7 Å². The fourth-order valence-corrected chi connectivity index (χ4v) is 2.75. The van der Waals surface area contributed by atoms with E-state index < -0.39 is 41.8 Å². The van der Waals surface area contributed by atoms with Crippen molar-refractivity contribution in [1.82, 2.24) is 15.6 Å². The van der Waals surface area contributed by atoms with Crippen LogP contribution >= 0.6 is 11.6 Å². The van der Waals surface area contributed by atoms with Gasteiger partial charge in [0.2, 0.25) is 0 Å². The van der Waals surface area contributed by atoms with E-state index >= 15 is 0 Å². The van der Waals surface area contributed by atoms with Crippen molar-refractivity contribution in [1.29, 1.82) is 0 Å². The maximum atomic E-state index is 13.5. The van der Waals surface area contributed by atoms with Crippen LogP contribution in [-0.4, -0.2) is 29.6 Å². The van der Waals surface area contributed by atoms with E-state index in [2.05, 4.69) is 15.6 Å². The molecule has 0 aliphatic carbocycles. The van der Waals surface area contributed by atoms with Crippen LogP contribution < -0.4 is 10.6 Å². The predicted octanol–water partition coefficient (Wildman–Crippen LogP) is 3.21. The van der Waals surface area contributed by atoms with Crippen LogP contribution in [0.25, 0.3) is 0 Å². The zero-order chi connectivity index (χ0) is 20.5. The Bertz CT molecular complexity index is 923. The van der Waals surface area contributed by atoms with Gasteiger partial charge in [0.15, 0.2) is 6.10 Å². The van der Waals surface area contributed by atoms with Crippen molar-refractivity contribution >= 4 is 23.6 Å². The van der Waals surface area contributed by atoms with Crippen molar-refractivity contribution in [3.8, 4) is 0 Å². The predicted molar refractivity (Wildman–Crippen MR) is 88.9 cm³/mol. The molecule has 1 fully saturated rings. The van der Waals surface area contributed by atoms with Gasteiger partial charge < -0.3 is 15.4 Å². The molecular formula is C17H12ClF4N3O3. The van der Waals surface area contributed by atoms with E-state index in [1.165, 1.54) is 18.2 Å². The minimum Gasteiger partial charge on any atom is -0.434 e. The number of benzene rings is 1. The first kappa shape index (κ1) is 19.9. The number of amides is 2. The van der Waals surface area contributed by atoms with Gasteiger partial charge in [0, 0.05) is 0 Å². The Balaban J connectivity index is 1.98. The van der Waals surface area contributed by atoms with Crippen molar-refractivity contribution < 1.29 is 31.9 Å². The lowest BCUT2D eigenvalue weighted by molar-refractivity contribution is -0.141. The number of rotatable bonds is 4. The summed E-state index contributed by atoms with van der Waals surface area (Å²) in [6.07, 6.45) is -6.66. The van der Waals surface area contributed by atoms with Crippen LogP contribution in [0, 0.1) is 5.82 Å². The Labute approximate surface area is 160 Å². The summed E-state index contributed by atoms with van der Waals surface area (Å²) in [5.41, 5.74) is -1.11. The molecule has 1 aliphatic rings. The van der Waals surface area contributed by atoms with Gasteiger partial charge in [-0.15, -0.1) is 0 Å². The Kier molecular flexibility index (Phi) is 5.41. The van der Waals surface area contributed by atoms with E-state index in [0.29, 0.717) is 0 Å². The lowest BCUT2D eigenvalue weighted by Crippen LogP contribution is -2.39. The summed E-state index contributed by atoms with van der Waals surface area (Å²) >= 11 is 5.76. The first-order valence-electron chi connectivity index (χ1n) is 7.89. The summed E-state index contributed by atoms with van der Waals surface area (Å²) in [4.78, 5) is 27.1. The molecule has 6 nitrogen and oxygen atoms in total.